The predicted molar refractivity (Wildman–Crippen MR) is 125 cm³/mol. The van der Waals surface area contributed by atoms with E-state index in [1.807, 2.05) is 29.3 Å². The molecule has 0 bridgehead atoms. The summed E-state index contributed by atoms with van der Waals surface area (Å²) in [5.41, 5.74) is 4.84. The van der Waals surface area contributed by atoms with Gasteiger partial charge in [0, 0.05) is 42.5 Å². The van der Waals surface area contributed by atoms with Crippen molar-refractivity contribution in [1.29, 1.82) is 0 Å². The molecule has 4 N–H and O–H groups in total. The summed E-state index contributed by atoms with van der Waals surface area (Å²) in [7, 11) is 0. The summed E-state index contributed by atoms with van der Waals surface area (Å²) >= 11 is 0. The lowest BCUT2D eigenvalue weighted by atomic mass is 9.96. The van der Waals surface area contributed by atoms with Gasteiger partial charge in [-0.15, -0.1) is 0 Å². The molecule has 0 saturated carbocycles. The number of alkyl halides is 6. The first-order valence-electron chi connectivity index (χ1n) is 11.3. The smallest absolute Gasteiger partial charge is 0.475 e. The fourth-order valence-electron chi connectivity index (χ4n) is 3.79. The zero-order valence-electron chi connectivity index (χ0n) is 20.1. The van der Waals surface area contributed by atoms with Crippen LogP contribution in [0.4, 0.5) is 37.8 Å². The van der Waals surface area contributed by atoms with Gasteiger partial charge in [0.2, 0.25) is 6.41 Å². The van der Waals surface area contributed by atoms with Gasteiger partial charge in [-0.25, -0.2) is 19.6 Å². The van der Waals surface area contributed by atoms with Crippen molar-refractivity contribution in [1.82, 2.24) is 24.8 Å². The second-order valence-electron chi connectivity index (χ2n) is 8.31. The molecule has 5 heterocycles. The van der Waals surface area contributed by atoms with Gasteiger partial charge >= 0.3 is 24.3 Å². The summed E-state index contributed by atoms with van der Waals surface area (Å²) < 4.78 is 63.5. The second-order valence-corrected chi connectivity index (χ2v) is 8.31. The normalized spacial score (nSPS) is 14.4. The molecule has 5 rings (SSSR count). The fourth-order valence-corrected chi connectivity index (χ4v) is 3.79. The minimum Gasteiger partial charge on any atom is -0.475 e. The van der Waals surface area contributed by atoms with E-state index in [1.165, 1.54) is 0 Å². The molecule has 2 aliphatic rings. The van der Waals surface area contributed by atoms with Crippen LogP contribution < -0.4 is 5.32 Å². The first-order chi connectivity index (χ1) is 18.7. The van der Waals surface area contributed by atoms with Crippen LogP contribution in [0.3, 0.4) is 0 Å². The van der Waals surface area contributed by atoms with E-state index in [0.29, 0.717) is 5.92 Å². The quantitative estimate of drug-likeness (QED) is 0.203. The van der Waals surface area contributed by atoms with Gasteiger partial charge in [0.1, 0.15) is 17.3 Å². The maximum atomic E-state index is 11.0. The maximum Gasteiger partial charge on any atom is 0.490 e. The maximum absolute atomic E-state index is 11.0. The van der Waals surface area contributed by atoms with Crippen LogP contribution in [0, 0.1) is 0 Å². The Balaban J connectivity index is 0.000000263. The van der Waals surface area contributed by atoms with E-state index in [-0.39, 0.29) is 0 Å². The fraction of sp³-hybridized carbons (Fsp3) is 0.304. The summed E-state index contributed by atoms with van der Waals surface area (Å²) in [6.07, 6.45) is -2.01. The standard InChI is InChI=1S/C19H18N6O.2C2HF3O2/c26-11-25-8-4-12(5-9-25)18-23-16-13-3-7-20-10-15(13)22-19-14(17(16)24-18)2-1-6-21-19;2*3-2(4,5)1(6)7/h1-3,6-7,10-12H,4-5,8-9H2,(H,21,22)(H,23,24);2*(H,6,7). The first-order valence-corrected chi connectivity index (χ1v) is 11.3. The third-order valence-electron chi connectivity index (χ3n) is 5.68. The molecule has 214 valence electrons. The number of amides is 1. The molecule has 0 aromatic carbocycles. The summed E-state index contributed by atoms with van der Waals surface area (Å²) in [4.78, 5) is 47.8. The Labute approximate surface area is 220 Å². The molecule has 3 aromatic rings. The van der Waals surface area contributed by atoms with Gasteiger partial charge in [0.05, 0.1) is 17.6 Å². The molecule has 0 radical (unpaired) electrons. The number of carbonyl (C=O) groups is 3. The van der Waals surface area contributed by atoms with Crippen LogP contribution in [0.5, 0.6) is 0 Å². The lowest BCUT2D eigenvalue weighted by Crippen LogP contribution is -2.31. The minimum atomic E-state index is -5.08. The zero-order chi connectivity index (χ0) is 29.7. The Hall–Kier alpha value is -4.70. The lowest BCUT2D eigenvalue weighted by molar-refractivity contribution is -0.193. The minimum absolute atomic E-state index is 0.330. The second kappa shape index (κ2) is 12.0. The highest BCUT2D eigenvalue weighted by Gasteiger charge is 2.39. The van der Waals surface area contributed by atoms with Crippen molar-refractivity contribution >= 4 is 29.9 Å². The molecule has 0 spiro atoms. The summed E-state index contributed by atoms with van der Waals surface area (Å²) in [6, 6.07) is 5.95. The lowest BCUT2D eigenvalue weighted by Gasteiger charge is -2.27. The molecule has 0 unspecified atom stereocenters. The average molecular weight is 574 g/mol. The molecular weight excluding hydrogens is 554 g/mol. The summed E-state index contributed by atoms with van der Waals surface area (Å²) in [6.45, 7) is 1.56. The van der Waals surface area contributed by atoms with Gasteiger partial charge in [-0.3, -0.25) is 9.78 Å². The first kappa shape index (κ1) is 29.9. The Morgan fingerprint density at radius 3 is 2.12 bits per heavy atom. The van der Waals surface area contributed by atoms with Crippen molar-refractivity contribution in [2.75, 3.05) is 18.4 Å². The Morgan fingerprint density at radius 2 is 1.57 bits per heavy atom. The topological polar surface area (TPSA) is 161 Å². The highest BCUT2D eigenvalue weighted by molar-refractivity contribution is 5.94. The average Bonchev–Trinajstić information content (AvgIpc) is 3.29. The molecule has 2 aliphatic heterocycles. The number of rotatable bonds is 2. The van der Waals surface area contributed by atoms with E-state index in [4.69, 9.17) is 24.8 Å². The molecule has 11 nitrogen and oxygen atoms in total. The van der Waals surface area contributed by atoms with Crippen molar-refractivity contribution < 1.29 is 50.9 Å². The molecule has 1 amide bonds. The van der Waals surface area contributed by atoms with E-state index in [9.17, 15) is 31.1 Å². The molecule has 0 aliphatic carbocycles. The number of aliphatic carboxylic acids is 2. The number of nitrogens with zero attached hydrogens (tertiary/aromatic N) is 4. The third-order valence-corrected chi connectivity index (χ3v) is 5.68. The van der Waals surface area contributed by atoms with Crippen LogP contribution in [0.1, 0.15) is 24.6 Å². The number of piperidine rings is 1. The van der Waals surface area contributed by atoms with Gasteiger partial charge in [-0.05, 0) is 31.0 Å². The van der Waals surface area contributed by atoms with Crippen molar-refractivity contribution in [3.05, 3.63) is 42.6 Å². The van der Waals surface area contributed by atoms with Gasteiger partial charge < -0.3 is 25.4 Å². The van der Waals surface area contributed by atoms with Gasteiger partial charge in [0.15, 0.2) is 0 Å². The number of fused-ring (bicyclic) bond motifs is 5. The SMILES string of the molecule is O=C(O)C(F)(F)F.O=C(O)C(F)(F)F.O=CN1CCC(c2nc3c([nH]2)-c2ccncc2Nc2ncccc2-3)CC1. The van der Waals surface area contributed by atoms with E-state index in [1.54, 1.807) is 12.4 Å². The number of anilines is 2. The molecule has 3 aromatic heterocycles. The molecule has 0 atom stereocenters. The van der Waals surface area contributed by atoms with Crippen LogP contribution in [-0.4, -0.2) is 78.8 Å². The van der Waals surface area contributed by atoms with Gasteiger partial charge in [0.25, 0.3) is 0 Å². The van der Waals surface area contributed by atoms with Crippen LogP contribution in [-0.2, 0) is 14.4 Å². The number of aromatic nitrogens is 4. The number of likely N-dealkylation sites (tertiary alicyclic amines) is 1. The highest BCUT2D eigenvalue weighted by atomic mass is 19.4. The number of halogens is 6. The van der Waals surface area contributed by atoms with Crippen LogP contribution >= 0.6 is 0 Å². The number of pyridine rings is 2. The number of nitrogens with one attached hydrogen (secondary N) is 2. The number of carboxylic acid groups (broad SMARTS) is 2. The van der Waals surface area contributed by atoms with Crippen LogP contribution in [0.15, 0.2) is 36.8 Å². The Bertz CT molecular complexity index is 1280. The number of hydrogen-bond donors (Lipinski definition) is 4. The number of imidazole rings is 1. The van der Waals surface area contributed by atoms with Crippen molar-refractivity contribution in [3.8, 4) is 22.5 Å². The van der Waals surface area contributed by atoms with E-state index >= 15 is 0 Å². The molecule has 1 fully saturated rings. The molecule has 1 saturated heterocycles. The molecular formula is C23H20F6N6O5. The number of carbonyl (C=O) groups excluding carboxylic acids is 1. The number of carboxylic acids is 2. The van der Waals surface area contributed by atoms with Crippen LogP contribution in [0.25, 0.3) is 22.5 Å². The van der Waals surface area contributed by atoms with Crippen LogP contribution in [0.2, 0.25) is 0 Å². The van der Waals surface area contributed by atoms with Crippen molar-refractivity contribution in [2.24, 2.45) is 0 Å². The Kier molecular flexibility index (Phi) is 8.95. The van der Waals surface area contributed by atoms with E-state index < -0.39 is 24.3 Å². The van der Waals surface area contributed by atoms with Gasteiger partial charge in [-0.2, -0.15) is 26.3 Å². The Morgan fingerprint density at radius 1 is 0.975 bits per heavy atom. The van der Waals surface area contributed by atoms with Gasteiger partial charge in [-0.1, -0.05) is 0 Å². The summed E-state index contributed by atoms with van der Waals surface area (Å²) in [5, 5.41) is 17.6. The number of H-pyrrole nitrogens is 1. The van der Waals surface area contributed by atoms with Crippen molar-refractivity contribution in [3.63, 3.8) is 0 Å². The monoisotopic (exact) mass is 574 g/mol. The zero-order valence-corrected chi connectivity index (χ0v) is 20.1. The molecule has 17 heteroatoms. The van der Waals surface area contributed by atoms with E-state index in [2.05, 4.69) is 20.3 Å². The molecule has 40 heavy (non-hydrogen) atoms. The summed E-state index contributed by atoms with van der Waals surface area (Å²) in [5.74, 6) is -3.41. The number of hydrogen-bond acceptors (Lipinski definition) is 7. The third kappa shape index (κ3) is 7.23. The largest absolute Gasteiger partial charge is 0.490 e. The highest BCUT2D eigenvalue weighted by Crippen LogP contribution is 2.42. The van der Waals surface area contributed by atoms with E-state index in [0.717, 1.165) is 72.2 Å². The predicted octanol–water partition coefficient (Wildman–Crippen LogP) is 4.19. The number of aromatic amines is 1. The van der Waals surface area contributed by atoms with Crippen molar-refractivity contribution in [2.45, 2.75) is 31.1 Å².